The molecule has 0 fully saturated rings. The van der Waals surface area contributed by atoms with Crippen LogP contribution >= 0.6 is 11.3 Å². The average molecular weight is 373 g/mol. The maximum Gasteiger partial charge on any atom is 0.178 e. The molecule has 4 heterocycles. The van der Waals surface area contributed by atoms with Crippen molar-refractivity contribution >= 4 is 11.3 Å². The maximum absolute atomic E-state index is 4.76. The first-order valence-corrected chi connectivity index (χ1v) is 9.74. The molecule has 0 aliphatic carbocycles. The molecule has 0 aliphatic rings. The van der Waals surface area contributed by atoms with Gasteiger partial charge in [0, 0.05) is 29.8 Å². The summed E-state index contributed by atoms with van der Waals surface area (Å²) >= 11 is 1.62. The van der Waals surface area contributed by atoms with Gasteiger partial charge in [-0.05, 0) is 43.7 Å². The predicted molar refractivity (Wildman–Crippen MR) is 108 cm³/mol. The number of aryl methyl sites for hydroxylation is 2. The van der Waals surface area contributed by atoms with Crippen LogP contribution in [0.15, 0.2) is 55.0 Å². The van der Waals surface area contributed by atoms with Gasteiger partial charge in [0.15, 0.2) is 5.82 Å². The van der Waals surface area contributed by atoms with Crippen molar-refractivity contribution in [1.29, 1.82) is 0 Å². The van der Waals surface area contributed by atoms with E-state index in [0.29, 0.717) is 5.82 Å². The second-order valence-electron chi connectivity index (χ2n) is 6.20. The lowest BCUT2D eigenvalue weighted by atomic mass is 10.2. The Kier molecular flexibility index (Phi) is 4.98. The van der Waals surface area contributed by atoms with Gasteiger partial charge in [0.2, 0.25) is 0 Å². The minimum Gasteiger partial charge on any atom is -0.264 e. The third-order valence-corrected chi connectivity index (χ3v) is 5.36. The SMILES string of the molecule is CCCc1cccc(-c2nccc(-c3sc(-c4cccnc4)nc3C)n2)n1. The largest absolute Gasteiger partial charge is 0.264 e. The first kappa shape index (κ1) is 17.4. The molecule has 0 N–H and O–H groups in total. The van der Waals surface area contributed by atoms with Gasteiger partial charge in [-0.15, -0.1) is 11.3 Å². The van der Waals surface area contributed by atoms with E-state index in [9.17, 15) is 0 Å². The molecule has 4 aromatic rings. The molecule has 0 spiro atoms. The third kappa shape index (κ3) is 3.75. The molecular formula is C21H19N5S. The zero-order valence-corrected chi connectivity index (χ0v) is 16.1. The van der Waals surface area contributed by atoms with Gasteiger partial charge in [0.05, 0.1) is 16.3 Å². The Morgan fingerprint density at radius 3 is 2.67 bits per heavy atom. The Bertz CT molecular complexity index is 1060. The lowest BCUT2D eigenvalue weighted by molar-refractivity contribution is 0.882. The van der Waals surface area contributed by atoms with E-state index in [1.54, 1.807) is 23.7 Å². The standard InChI is InChI=1S/C21H19N5S/c1-3-6-16-8-4-9-18(25-16)20-23-12-10-17(26-20)19-14(2)24-21(27-19)15-7-5-11-22-13-15/h4-5,7-13H,3,6H2,1-2H3. The van der Waals surface area contributed by atoms with E-state index in [2.05, 4.69) is 16.9 Å². The van der Waals surface area contributed by atoms with Crippen molar-refractivity contribution in [1.82, 2.24) is 24.9 Å². The average Bonchev–Trinajstić information content (AvgIpc) is 3.11. The fourth-order valence-corrected chi connectivity index (χ4v) is 3.88. The van der Waals surface area contributed by atoms with Crippen LogP contribution in [0.5, 0.6) is 0 Å². The number of aromatic nitrogens is 5. The molecule has 5 nitrogen and oxygen atoms in total. The Morgan fingerprint density at radius 2 is 1.85 bits per heavy atom. The summed E-state index contributed by atoms with van der Waals surface area (Å²) in [4.78, 5) is 23.8. The van der Waals surface area contributed by atoms with E-state index >= 15 is 0 Å². The highest BCUT2D eigenvalue weighted by molar-refractivity contribution is 7.18. The third-order valence-electron chi connectivity index (χ3n) is 4.14. The number of rotatable bonds is 5. The zero-order valence-electron chi connectivity index (χ0n) is 15.3. The molecule has 0 saturated carbocycles. The number of pyridine rings is 2. The molecule has 27 heavy (non-hydrogen) atoms. The quantitative estimate of drug-likeness (QED) is 0.493. The Balaban J connectivity index is 1.71. The smallest absolute Gasteiger partial charge is 0.178 e. The van der Waals surface area contributed by atoms with E-state index in [1.807, 2.05) is 49.5 Å². The number of thiazole rings is 1. The maximum atomic E-state index is 4.76. The van der Waals surface area contributed by atoms with Crippen LogP contribution in [-0.2, 0) is 6.42 Å². The highest BCUT2D eigenvalue weighted by atomic mass is 32.1. The van der Waals surface area contributed by atoms with E-state index in [4.69, 9.17) is 15.0 Å². The first-order valence-electron chi connectivity index (χ1n) is 8.92. The Hall–Kier alpha value is -2.99. The van der Waals surface area contributed by atoms with Gasteiger partial charge in [-0.2, -0.15) is 0 Å². The summed E-state index contributed by atoms with van der Waals surface area (Å²) < 4.78 is 0. The summed E-state index contributed by atoms with van der Waals surface area (Å²) in [5.74, 6) is 0.640. The van der Waals surface area contributed by atoms with Gasteiger partial charge in [0.1, 0.15) is 10.7 Å². The molecule has 0 unspecified atom stereocenters. The van der Waals surface area contributed by atoms with E-state index in [1.165, 1.54) is 0 Å². The molecule has 6 heteroatoms. The molecule has 0 aromatic carbocycles. The van der Waals surface area contributed by atoms with E-state index in [-0.39, 0.29) is 0 Å². The molecule has 0 saturated heterocycles. The Labute approximate surface area is 162 Å². The molecule has 0 bridgehead atoms. The van der Waals surface area contributed by atoms with E-state index in [0.717, 1.165) is 51.1 Å². The fraction of sp³-hybridized carbons (Fsp3) is 0.190. The topological polar surface area (TPSA) is 64.5 Å². The summed E-state index contributed by atoms with van der Waals surface area (Å²) in [5, 5.41) is 0.943. The molecule has 0 amide bonds. The van der Waals surface area contributed by atoms with Crippen molar-refractivity contribution in [2.75, 3.05) is 0 Å². The normalized spacial score (nSPS) is 10.9. The summed E-state index contributed by atoms with van der Waals surface area (Å²) in [6.45, 7) is 4.16. The minimum absolute atomic E-state index is 0.640. The van der Waals surface area contributed by atoms with Gasteiger partial charge in [-0.25, -0.2) is 19.9 Å². The molecule has 4 aromatic heterocycles. The summed E-state index contributed by atoms with van der Waals surface area (Å²) in [6.07, 6.45) is 7.40. The van der Waals surface area contributed by atoms with Crippen LogP contribution in [0.3, 0.4) is 0 Å². The van der Waals surface area contributed by atoms with Crippen molar-refractivity contribution < 1.29 is 0 Å². The molecule has 0 aliphatic heterocycles. The second kappa shape index (κ2) is 7.72. The van der Waals surface area contributed by atoms with Crippen LogP contribution in [0.25, 0.3) is 32.7 Å². The highest BCUT2D eigenvalue weighted by Crippen LogP contribution is 2.34. The number of hydrogen-bond donors (Lipinski definition) is 0. The van der Waals surface area contributed by atoms with Crippen molar-refractivity contribution in [2.45, 2.75) is 26.7 Å². The lowest BCUT2D eigenvalue weighted by Gasteiger charge is -2.04. The van der Waals surface area contributed by atoms with E-state index < -0.39 is 0 Å². The molecule has 0 radical (unpaired) electrons. The summed E-state index contributed by atoms with van der Waals surface area (Å²) in [5.41, 5.74) is 4.71. The van der Waals surface area contributed by atoms with Crippen LogP contribution in [0.4, 0.5) is 0 Å². The van der Waals surface area contributed by atoms with Gasteiger partial charge >= 0.3 is 0 Å². The van der Waals surface area contributed by atoms with Crippen LogP contribution in [-0.4, -0.2) is 24.9 Å². The van der Waals surface area contributed by atoms with Gasteiger partial charge in [-0.1, -0.05) is 19.4 Å². The fourth-order valence-electron chi connectivity index (χ4n) is 2.85. The van der Waals surface area contributed by atoms with Crippen LogP contribution in [0, 0.1) is 6.92 Å². The summed E-state index contributed by atoms with van der Waals surface area (Å²) in [7, 11) is 0. The van der Waals surface area contributed by atoms with Crippen LogP contribution in [0.2, 0.25) is 0 Å². The molecule has 0 atom stereocenters. The second-order valence-corrected chi connectivity index (χ2v) is 7.20. The first-order chi connectivity index (χ1) is 13.2. The van der Waals surface area contributed by atoms with Crippen LogP contribution in [0.1, 0.15) is 24.7 Å². The number of nitrogens with zero attached hydrogens (tertiary/aromatic N) is 5. The van der Waals surface area contributed by atoms with Gasteiger partial charge in [-0.3, -0.25) is 4.98 Å². The van der Waals surface area contributed by atoms with Crippen molar-refractivity contribution in [3.05, 3.63) is 66.4 Å². The minimum atomic E-state index is 0.640. The Morgan fingerprint density at radius 1 is 0.926 bits per heavy atom. The molecule has 4 rings (SSSR count). The summed E-state index contributed by atoms with van der Waals surface area (Å²) in [6, 6.07) is 11.9. The highest BCUT2D eigenvalue weighted by Gasteiger charge is 2.14. The lowest BCUT2D eigenvalue weighted by Crippen LogP contribution is -1.96. The zero-order chi connectivity index (χ0) is 18.6. The monoisotopic (exact) mass is 373 g/mol. The molecule has 134 valence electrons. The predicted octanol–water partition coefficient (Wildman–Crippen LogP) is 4.99. The van der Waals surface area contributed by atoms with Crippen molar-refractivity contribution in [3.8, 4) is 32.7 Å². The van der Waals surface area contributed by atoms with Crippen molar-refractivity contribution in [2.24, 2.45) is 0 Å². The number of hydrogen-bond acceptors (Lipinski definition) is 6. The van der Waals surface area contributed by atoms with Crippen molar-refractivity contribution in [3.63, 3.8) is 0 Å². The molecular weight excluding hydrogens is 354 g/mol. The van der Waals surface area contributed by atoms with Crippen LogP contribution < -0.4 is 0 Å². The van der Waals surface area contributed by atoms with Gasteiger partial charge < -0.3 is 0 Å². The van der Waals surface area contributed by atoms with Gasteiger partial charge in [0.25, 0.3) is 0 Å².